The molecular formula is C8H20O. The van der Waals surface area contributed by atoms with Crippen molar-refractivity contribution < 1.29 is 4.74 Å². The molecule has 0 saturated carbocycles. The van der Waals surface area contributed by atoms with Crippen molar-refractivity contribution in [3.05, 3.63) is 0 Å². The molecule has 0 spiro atoms. The molecule has 0 aliphatic rings. The average Bonchev–Trinajstić information content (AvgIpc) is 1.88. The highest BCUT2D eigenvalue weighted by atomic mass is 16.5. The van der Waals surface area contributed by atoms with Gasteiger partial charge < -0.3 is 4.74 Å². The highest BCUT2D eigenvalue weighted by Crippen LogP contribution is 1.89. The standard InChI is InChI=1S/C5H12O.C3H8/c1-4-5(2)6-3;1-3-2/h5H,4H2,1-3H3;3H2,1-2H3. The first-order valence-corrected chi connectivity index (χ1v) is 3.75. The number of hydrogen-bond acceptors (Lipinski definition) is 1. The van der Waals surface area contributed by atoms with E-state index in [-0.39, 0.29) is 0 Å². The van der Waals surface area contributed by atoms with Crippen LogP contribution in [-0.2, 0) is 4.74 Å². The highest BCUT2D eigenvalue weighted by Gasteiger charge is 1.88. The lowest BCUT2D eigenvalue weighted by Gasteiger charge is -2.01. The van der Waals surface area contributed by atoms with Gasteiger partial charge in [0.2, 0.25) is 0 Å². The Kier molecular flexibility index (Phi) is 14.1. The Bertz CT molecular complexity index is 31.5. The zero-order chi connectivity index (χ0) is 7.70. The summed E-state index contributed by atoms with van der Waals surface area (Å²) < 4.78 is 4.90. The van der Waals surface area contributed by atoms with Crippen LogP contribution in [0.5, 0.6) is 0 Å². The number of hydrogen-bond donors (Lipinski definition) is 0. The molecule has 0 rings (SSSR count). The summed E-state index contributed by atoms with van der Waals surface area (Å²) in [6.45, 7) is 8.41. The monoisotopic (exact) mass is 132 g/mol. The van der Waals surface area contributed by atoms with Gasteiger partial charge in [-0.15, -0.1) is 0 Å². The molecule has 0 aliphatic carbocycles. The zero-order valence-electron chi connectivity index (χ0n) is 7.40. The van der Waals surface area contributed by atoms with Crippen LogP contribution in [0.1, 0.15) is 40.5 Å². The topological polar surface area (TPSA) is 9.23 Å². The minimum absolute atomic E-state index is 0.435. The van der Waals surface area contributed by atoms with Gasteiger partial charge in [0.1, 0.15) is 0 Å². The van der Waals surface area contributed by atoms with Crippen LogP contribution in [0.2, 0.25) is 0 Å². The van der Waals surface area contributed by atoms with Crippen molar-refractivity contribution in [1.82, 2.24) is 0 Å². The third-order valence-electron chi connectivity index (χ3n) is 0.977. The maximum atomic E-state index is 4.90. The lowest BCUT2D eigenvalue weighted by atomic mass is 10.3. The van der Waals surface area contributed by atoms with Crippen LogP contribution >= 0.6 is 0 Å². The molecule has 0 aliphatic heterocycles. The predicted octanol–water partition coefficient (Wildman–Crippen LogP) is 2.85. The van der Waals surface area contributed by atoms with Gasteiger partial charge in [0.05, 0.1) is 6.10 Å². The summed E-state index contributed by atoms with van der Waals surface area (Å²) in [5.74, 6) is 0. The molecule has 0 aromatic carbocycles. The van der Waals surface area contributed by atoms with Crippen molar-refractivity contribution in [3.8, 4) is 0 Å². The molecule has 0 fully saturated rings. The normalized spacial score (nSPS) is 11.7. The third kappa shape index (κ3) is 18.0. The highest BCUT2D eigenvalue weighted by molar-refractivity contribution is 4.38. The van der Waals surface area contributed by atoms with E-state index in [9.17, 15) is 0 Å². The van der Waals surface area contributed by atoms with E-state index < -0.39 is 0 Å². The Morgan fingerprint density at radius 1 is 1.22 bits per heavy atom. The maximum absolute atomic E-state index is 4.90. The molecule has 58 valence electrons. The van der Waals surface area contributed by atoms with Crippen LogP contribution < -0.4 is 0 Å². The molecule has 1 nitrogen and oxygen atoms in total. The first-order chi connectivity index (χ1) is 4.22. The molecule has 0 amide bonds. The van der Waals surface area contributed by atoms with E-state index in [2.05, 4.69) is 27.7 Å². The lowest BCUT2D eigenvalue weighted by molar-refractivity contribution is 0.115. The van der Waals surface area contributed by atoms with E-state index in [0.29, 0.717) is 6.10 Å². The molecule has 1 heteroatoms. The van der Waals surface area contributed by atoms with Crippen molar-refractivity contribution >= 4 is 0 Å². The van der Waals surface area contributed by atoms with Crippen molar-refractivity contribution in [3.63, 3.8) is 0 Å². The molecule has 0 aromatic heterocycles. The van der Waals surface area contributed by atoms with Gasteiger partial charge in [0.25, 0.3) is 0 Å². The second kappa shape index (κ2) is 10.9. The lowest BCUT2D eigenvalue weighted by Crippen LogP contribution is -2.00. The van der Waals surface area contributed by atoms with Crippen LogP contribution in [0.3, 0.4) is 0 Å². The van der Waals surface area contributed by atoms with Gasteiger partial charge in [-0.05, 0) is 13.3 Å². The van der Waals surface area contributed by atoms with Crippen LogP contribution in [0, 0.1) is 0 Å². The minimum atomic E-state index is 0.435. The van der Waals surface area contributed by atoms with Gasteiger partial charge in [-0.1, -0.05) is 27.2 Å². The van der Waals surface area contributed by atoms with Gasteiger partial charge in [-0.2, -0.15) is 0 Å². The van der Waals surface area contributed by atoms with Gasteiger partial charge in [0, 0.05) is 7.11 Å². The Morgan fingerprint density at radius 3 is 1.56 bits per heavy atom. The molecule has 0 radical (unpaired) electrons. The summed E-state index contributed by atoms with van der Waals surface area (Å²) in [7, 11) is 1.73. The number of methoxy groups -OCH3 is 1. The van der Waals surface area contributed by atoms with Gasteiger partial charge in [-0.25, -0.2) is 0 Å². The van der Waals surface area contributed by atoms with E-state index in [1.54, 1.807) is 7.11 Å². The minimum Gasteiger partial charge on any atom is -0.382 e. The Balaban J connectivity index is 0. The van der Waals surface area contributed by atoms with Crippen molar-refractivity contribution in [1.29, 1.82) is 0 Å². The zero-order valence-corrected chi connectivity index (χ0v) is 7.40. The fourth-order valence-electron chi connectivity index (χ4n) is 0.167. The second-order valence-corrected chi connectivity index (χ2v) is 2.16. The number of ether oxygens (including phenoxy) is 1. The van der Waals surface area contributed by atoms with E-state index in [1.807, 2.05) is 0 Å². The largest absolute Gasteiger partial charge is 0.382 e. The molecule has 1 atom stereocenters. The molecule has 1 unspecified atom stereocenters. The van der Waals surface area contributed by atoms with Gasteiger partial charge in [0.15, 0.2) is 0 Å². The summed E-state index contributed by atoms with van der Waals surface area (Å²) >= 11 is 0. The van der Waals surface area contributed by atoms with E-state index in [4.69, 9.17) is 4.74 Å². The van der Waals surface area contributed by atoms with Crippen LogP contribution in [0.25, 0.3) is 0 Å². The van der Waals surface area contributed by atoms with E-state index >= 15 is 0 Å². The molecular weight excluding hydrogens is 112 g/mol. The molecule has 9 heavy (non-hydrogen) atoms. The second-order valence-electron chi connectivity index (χ2n) is 2.16. The van der Waals surface area contributed by atoms with Crippen LogP contribution in [0.15, 0.2) is 0 Å². The Morgan fingerprint density at radius 2 is 1.56 bits per heavy atom. The van der Waals surface area contributed by atoms with Crippen molar-refractivity contribution in [2.24, 2.45) is 0 Å². The molecule has 0 heterocycles. The predicted molar refractivity (Wildman–Crippen MR) is 42.7 cm³/mol. The van der Waals surface area contributed by atoms with Gasteiger partial charge in [-0.3, -0.25) is 0 Å². The first kappa shape index (κ1) is 11.7. The summed E-state index contributed by atoms with van der Waals surface area (Å²) in [6.07, 6.45) is 2.79. The molecule has 0 bridgehead atoms. The average molecular weight is 132 g/mol. The molecule has 0 saturated heterocycles. The number of rotatable bonds is 2. The molecule has 0 N–H and O–H groups in total. The summed E-state index contributed by atoms with van der Waals surface area (Å²) in [4.78, 5) is 0. The summed E-state index contributed by atoms with van der Waals surface area (Å²) in [6, 6.07) is 0. The van der Waals surface area contributed by atoms with Crippen LogP contribution in [0.4, 0.5) is 0 Å². The third-order valence-corrected chi connectivity index (χ3v) is 0.977. The smallest absolute Gasteiger partial charge is 0.0540 e. The summed E-state index contributed by atoms with van der Waals surface area (Å²) in [5, 5.41) is 0. The fourth-order valence-corrected chi connectivity index (χ4v) is 0.167. The van der Waals surface area contributed by atoms with E-state index in [1.165, 1.54) is 6.42 Å². The SMILES string of the molecule is CCC.CCC(C)OC. The maximum Gasteiger partial charge on any atom is 0.0540 e. The van der Waals surface area contributed by atoms with Crippen LogP contribution in [-0.4, -0.2) is 13.2 Å². The van der Waals surface area contributed by atoms with Crippen molar-refractivity contribution in [2.75, 3.05) is 7.11 Å². The fraction of sp³-hybridized carbons (Fsp3) is 1.00. The Hall–Kier alpha value is -0.0400. The van der Waals surface area contributed by atoms with Crippen molar-refractivity contribution in [2.45, 2.75) is 46.6 Å². The van der Waals surface area contributed by atoms with E-state index in [0.717, 1.165) is 6.42 Å². The molecule has 0 aromatic rings. The summed E-state index contributed by atoms with van der Waals surface area (Å²) in [5.41, 5.74) is 0. The quantitative estimate of drug-likeness (QED) is 0.561. The van der Waals surface area contributed by atoms with Gasteiger partial charge >= 0.3 is 0 Å². The Labute approximate surface area is 59.4 Å². The first-order valence-electron chi connectivity index (χ1n) is 3.75.